The maximum atomic E-state index is 13.2. The van der Waals surface area contributed by atoms with Crippen LogP contribution in [0.25, 0.3) is 11.0 Å². The van der Waals surface area contributed by atoms with E-state index in [1.807, 2.05) is 6.07 Å². The molecule has 1 aliphatic heterocycles. The third kappa shape index (κ3) is 4.27. The lowest BCUT2D eigenvalue weighted by Gasteiger charge is -2.26. The summed E-state index contributed by atoms with van der Waals surface area (Å²) in [5.41, 5.74) is 6.65. The number of hydrogen-bond donors (Lipinski definition) is 1. The summed E-state index contributed by atoms with van der Waals surface area (Å²) in [6.07, 6.45) is 4.46. The fourth-order valence-electron chi connectivity index (χ4n) is 4.06. The Morgan fingerprint density at radius 2 is 1.88 bits per heavy atom. The Morgan fingerprint density at radius 1 is 1.16 bits per heavy atom. The molecule has 170 valence electrons. The summed E-state index contributed by atoms with van der Waals surface area (Å²) >= 11 is 0. The van der Waals surface area contributed by atoms with Crippen molar-refractivity contribution in [3.05, 3.63) is 48.0 Å². The fourth-order valence-corrected chi connectivity index (χ4v) is 5.33. The summed E-state index contributed by atoms with van der Waals surface area (Å²) < 4.78 is 34.2. The van der Waals surface area contributed by atoms with Gasteiger partial charge in [0.1, 0.15) is 5.82 Å². The van der Waals surface area contributed by atoms with Gasteiger partial charge < -0.3 is 15.0 Å². The van der Waals surface area contributed by atoms with E-state index in [9.17, 15) is 13.2 Å². The number of fused-ring (bicyclic) bond motifs is 1. The second-order valence-electron chi connectivity index (χ2n) is 9.28. The zero-order valence-corrected chi connectivity index (χ0v) is 19.4. The van der Waals surface area contributed by atoms with Gasteiger partial charge in [0.2, 0.25) is 15.7 Å². The number of carbonyl (C=O) groups is 1. The molecule has 2 N–H and O–H groups in total. The van der Waals surface area contributed by atoms with Gasteiger partial charge in [0.05, 0.1) is 26.4 Å². The zero-order chi connectivity index (χ0) is 23.1. The number of hydrogen-bond acceptors (Lipinski definition) is 6. The van der Waals surface area contributed by atoms with Crippen LogP contribution in [0.1, 0.15) is 49.8 Å². The lowest BCUT2D eigenvalue weighted by atomic mass is 9.94. The summed E-state index contributed by atoms with van der Waals surface area (Å²) in [6, 6.07) is 6.24. The first-order valence-corrected chi connectivity index (χ1v) is 12.1. The molecule has 1 aromatic carbocycles. The van der Waals surface area contributed by atoms with E-state index in [1.165, 1.54) is 18.5 Å². The molecule has 0 aliphatic carbocycles. The molecule has 2 aromatic heterocycles. The second kappa shape index (κ2) is 8.29. The van der Waals surface area contributed by atoms with Crippen molar-refractivity contribution in [2.24, 2.45) is 11.7 Å². The fraction of sp³-hybridized carbons (Fsp3) is 0.435. The number of ether oxygens (including phenoxy) is 1. The van der Waals surface area contributed by atoms with Gasteiger partial charge in [0.25, 0.3) is 0 Å². The van der Waals surface area contributed by atoms with Gasteiger partial charge in [0, 0.05) is 37.6 Å². The molecule has 9 heteroatoms. The highest BCUT2D eigenvalue weighted by Gasteiger charge is 2.27. The maximum Gasteiger partial charge on any atom is 0.250 e. The van der Waals surface area contributed by atoms with Crippen LogP contribution in [0.2, 0.25) is 0 Å². The van der Waals surface area contributed by atoms with E-state index in [1.54, 1.807) is 12.1 Å². The summed E-state index contributed by atoms with van der Waals surface area (Å²) in [7, 11) is -3.89. The number of primary amides is 1. The van der Waals surface area contributed by atoms with Gasteiger partial charge in [-0.1, -0.05) is 20.8 Å². The average Bonchev–Trinajstić information content (AvgIpc) is 3.13. The smallest absolute Gasteiger partial charge is 0.250 e. The number of imidazole rings is 1. The number of pyridine rings is 1. The first kappa shape index (κ1) is 22.4. The SMILES string of the molecule is CC(C)(C)c1nc2cc(S(=O)(=O)c3cncc(C(N)=O)c3)ccc2n1CC1CCOCC1. The molecule has 3 heterocycles. The Balaban J connectivity index is 1.79. The van der Waals surface area contributed by atoms with E-state index in [-0.39, 0.29) is 20.8 Å². The predicted octanol–water partition coefficient (Wildman–Crippen LogP) is 3.09. The molecule has 0 atom stereocenters. The van der Waals surface area contributed by atoms with Crippen molar-refractivity contribution >= 4 is 26.8 Å². The Labute approximate surface area is 187 Å². The Kier molecular flexibility index (Phi) is 5.81. The van der Waals surface area contributed by atoms with Crippen molar-refractivity contribution in [3.63, 3.8) is 0 Å². The van der Waals surface area contributed by atoms with Crippen LogP contribution < -0.4 is 5.73 Å². The van der Waals surface area contributed by atoms with Gasteiger partial charge in [-0.05, 0) is 43.0 Å². The van der Waals surface area contributed by atoms with Crippen LogP contribution in [0, 0.1) is 5.92 Å². The van der Waals surface area contributed by atoms with Crippen LogP contribution >= 0.6 is 0 Å². The molecular weight excluding hydrogens is 428 g/mol. The molecule has 0 unspecified atom stereocenters. The Morgan fingerprint density at radius 3 is 2.53 bits per heavy atom. The van der Waals surface area contributed by atoms with E-state index in [0.29, 0.717) is 11.4 Å². The van der Waals surface area contributed by atoms with E-state index < -0.39 is 15.7 Å². The number of rotatable bonds is 5. The van der Waals surface area contributed by atoms with Crippen molar-refractivity contribution < 1.29 is 17.9 Å². The molecule has 8 nitrogen and oxygen atoms in total. The lowest BCUT2D eigenvalue weighted by molar-refractivity contribution is 0.0611. The number of sulfone groups is 1. The van der Waals surface area contributed by atoms with Crippen molar-refractivity contribution in [2.45, 2.75) is 55.4 Å². The molecule has 32 heavy (non-hydrogen) atoms. The van der Waals surface area contributed by atoms with Crippen molar-refractivity contribution in [3.8, 4) is 0 Å². The first-order chi connectivity index (χ1) is 15.1. The Hall–Kier alpha value is -2.78. The van der Waals surface area contributed by atoms with Crippen LogP contribution in [0.3, 0.4) is 0 Å². The van der Waals surface area contributed by atoms with Gasteiger partial charge in [-0.3, -0.25) is 9.78 Å². The number of aromatic nitrogens is 3. The van der Waals surface area contributed by atoms with Crippen LogP contribution in [0.4, 0.5) is 0 Å². The largest absolute Gasteiger partial charge is 0.381 e. The van der Waals surface area contributed by atoms with E-state index in [2.05, 4.69) is 30.3 Å². The molecule has 1 aliphatic rings. The molecule has 1 saturated heterocycles. The number of nitrogens with zero attached hydrogens (tertiary/aromatic N) is 3. The minimum Gasteiger partial charge on any atom is -0.381 e. The molecule has 3 aromatic rings. The highest BCUT2D eigenvalue weighted by atomic mass is 32.2. The van der Waals surface area contributed by atoms with Crippen LogP contribution in [-0.2, 0) is 26.5 Å². The summed E-state index contributed by atoms with van der Waals surface area (Å²) in [5.74, 6) is 0.686. The molecule has 0 radical (unpaired) electrons. The molecule has 0 bridgehead atoms. The molecule has 0 saturated carbocycles. The quantitative estimate of drug-likeness (QED) is 0.630. The predicted molar refractivity (Wildman–Crippen MR) is 120 cm³/mol. The molecular formula is C23H28N4O4S. The monoisotopic (exact) mass is 456 g/mol. The molecule has 0 spiro atoms. The molecule has 1 amide bonds. The summed E-state index contributed by atoms with van der Waals surface area (Å²) in [4.78, 5) is 20.2. The van der Waals surface area contributed by atoms with Crippen molar-refractivity contribution in [1.29, 1.82) is 0 Å². The van der Waals surface area contributed by atoms with Crippen LogP contribution in [0.15, 0.2) is 46.5 Å². The highest BCUT2D eigenvalue weighted by Crippen LogP contribution is 2.31. The Bertz CT molecular complexity index is 1270. The zero-order valence-electron chi connectivity index (χ0n) is 18.5. The highest BCUT2D eigenvalue weighted by molar-refractivity contribution is 7.91. The normalized spacial score (nSPS) is 15.8. The van der Waals surface area contributed by atoms with E-state index in [0.717, 1.165) is 43.9 Å². The molecule has 4 rings (SSSR count). The lowest BCUT2D eigenvalue weighted by Crippen LogP contribution is -2.25. The topological polar surface area (TPSA) is 117 Å². The standard InChI is InChI=1S/C23H28N4O4S/c1-23(2,3)22-26-19-11-17(32(29,30)18-10-16(21(24)28)12-25-13-18)4-5-20(19)27(22)14-15-6-8-31-9-7-15/h4-5,10-13,15H,6-9,14H2,1-3H3,(H2,24,28). The van der Waals surface area contributed by atoms with Gasteiger partial charge in [0.15, 0.2) is 0 Å². The van der Waals surface area contributed by atoms with Gasteiger partial charge >= 0.3 is 0 Å². The van der Waals surface area contributed by atoms with Gasteiger partial charge in [-0.25, -0.2) is 13.4 Å². The van der Waals surface area contributed by atoms with Crippen molar-refractivity contribution in [1.82, 2.24) is 14.5 Å². The van der Waals surface area contributed by atoms with Crippen molar-refractivity contribution in [2.75, 3.05) is 13.2 Å². The van der Waals surface area contributed by atoms with E-state index >= 15 is 0 Å². The number of amides is 1. The summed E-state index contributed by atoms with van der Waals surface area (Å²) in [5, 5.41) is 0. The summed E-state index contributed by atoms with van der Waals surface area (Å²) in [6.45, 7) is 8.67. The van der Waals surface area contributed by atoms with E-state index in [4.69, 9.17) is 15.5 Å². The van der Waals surface area contributed by atoms with Crippen LogP contribution in [0.5, 0.6) is 0 Å². The average molecular weight is 457 g/mol. The molecule has 1 fully saturated rings. The maximum absolute atomic E-state index is 13.2. The second-order valence-corrected chi connectivity index (χ2v) is 11.2. The van der Waals surface area contributed by atoms with Gasteiger partial charge in [-0.2, -0.15) is 0 Å². The van der Waals surface area contributed by atoms with Crippen LogP contribution in [-0.4, -0.2) is 42.1 Å². The minimum atomic E-state index is -3.89. The number of nitrogens with two attached hydrogens (primary N) is 1. The third-order valence-electron chi connectivity index (χ3n) is 5.79. The number of benzene rings is 1. The first-order valence-electron chi connectivity index (χ1n) is 10.7. The number of carbonyl (C=O) groups excluding carboxylic acids is 1. The minimum absolute atomic E-state index is 0.0444. The third-order valence-corrected chi connectivity index (χ3v) is 7.51. The van der Waals surface area contributed by atoms with Gasteiger partial charge in [-0.15, -0.1) is 0 Å².